The van der Waals surface area contributed by atoms with E-state index >= 15 is 0 Å². The quantitative estimate of drug-likeness (QED) is 0.265. The van der Waals surface area contributed by atoms with E-state index in [0.717, 1.165) is 19.5 Å². The molecule has 0 atom stereocenters. The number of aromatic nitrogens is 1. The smallest absolute Gasteiger partial charge is 0.202 e. The van der Waals surface area contributed by atoms with Gasteiger partial charge in [0.25, 0.3) is 0 Å². The van der Waals surface area contributed by atoms with Crippen molar-refractivity contribution in [3.8, 4) is 0 Å². The zero-order valence-electron chi connectivity index (χ0n) is 22.8. The molecule has 2 heterocycles. The summed E-state index contributed by atoms with van der Waals surface area (Å²) in [6, 6.07) is 13.5. The van der Waals surface area contributed by atoms with Crippen molar-refractivity contribution in [3.05, 3.63) is 95.4 Å². The summed E-state index contributed by atoms with van der Waals surface area (Å²) in [5, 5.41) is 0. The van der Waals surface area contributed by atoms with Crippen molar-refractivity contribution in [1.82, 2.24) is 0 Å². The zero-order valence-corrected chi connectivity index (χ0v) is 22.8. The highest BCUT2D eigenvalue weighted by molar-refractivity contribution is 6.03. The van der Waals surface area contributed by atoms with Crippen molar-refractivity contribution in [2.45, 2.75) is 91.0 Å². The maximum Gasteiger partial charge on any atom is 0.209 e. The van der Waals surface area contributed by atoms with Crippen molar-refractivity contribution in [3.63, 3.8) is 0 Å². The van der Waals surface area contributed by atoms with E-state index in [0.29, 0.717) is 0 Å². The summed E-state index contributed by atoms with van der Waals surface area (Å²) in [5.74, 6) is 0. The first-order valence-corrected chi connectivity index (χ1v) is 13.6. The van der Waals surface area contributed by atoms with Gasteiger partial charge in [-0.25, -0.2) is 4.57 Å². The monoisotopic (exact) mass is 468 g/mol. The number of hydrogen-bond acceptors (Lipinski definition) is 0. The lowest BCUT2D eigenvalue weighted by atomic mass is 9.81. The first-order chi connectivity index (χ1) is 16.8. The number of benzene rings is 1. The Morgan fingerprint density at radius 1 is 0.800 bits per heavy atom. The average molecular weight is 469 g/mol. The van der Waals surface area contributed by atoms with Gasteiger partial charge in [0.2, 0.25) is 5.69 Å². The molecule has 2 aromatic rings. The molecule has 0 N–H and O–H groups in total. The van der Waals surface area contributed by atoms with Crippen LogP contribution in [0.25, 0.3) is 0 Å². The molecule has 1 aliphatic heterocycles. The van der Waals surface area contributed by atoms with E-state index in [-0.39, 0.29) is 10.8 Å². The molecule has 0 saturated heterocycles. The molecule has 2 heteroatoms. The average Bonchev–Trinajstić information content (AvgIpc) is 3.23. The van der Waals surface area contributed by atoms with Crippen LogP contribution < -0.4 is 4.57 Å². The Balaban J connectivity index is 1.55. The Bertz CT molecular complexity index is 1190. The van der Waals surface area contributed by atoms with Gasteiger partial charge in [0.15, 0.2) is 17.6 Å². The molecule has 0 saturated carbocycles. The van der Waals surface area contributed by atoms with Crippen LogP contribution in [0.2, 0.25) is 0 Å². The molecule has 2 aliphatic rings. The van der Waals surface area contributed by atoms with Crippen molar-refractivity contribution < 1.29 is 9.14 Å². The lowest BCUT2D eigenvalue weighted by Crippen LogP contribution is -2.38. The van der Waals surface area contributed by atoms with Crippen LogP contribution in [0.1, 0.15) is 84.0 Å². The summed E-state index contributed by atoms with van der Waals surface area (Å²) in [5.41, 5.74) is 8.79. The molecule has 0 spiro atoms. The van der Waals surface area contributed by atoms with Gasteiger partial charge in [-0.3, -0.25) is 0 Å². The van der Waals surface area contributed by atoms with Gasteiger partial charge in [-0.2, -0.15) is 4.58 Å². The molecule has 184 valence electrons. The van der Waals surface area contributed by atoms with Gasteiger partial charge in [0.05, 0.1) is 11.8 Å². The van der Waals surface area contributed by atoms with Gasteiger partial charge in [0, 0.05) is 47.6 Å². The number of nitrogens with zero attached hydrogens (tertiary/aromatic N) is 2. The molecule has 1 aromatic heterocycles. The number of aryl methyl sites for hydroxylation is 1. The van der Waals surface area contributed by atoms with Crippen LogP contribution in [0.4, 0.5) is 5.69 Å². The van der Waals surface area contributed by atoms with Gasteiger partial charge >= 0.3 is 0 Å². The van der Waals surface area contributed by atoms with E-state index in [1.54, 1.807) is 0 Å². The normalized spacial score (nSPS) is 19.3. The summed E-state index contributed by atoms with van der Waals surface area (Å²) in [7, 11) is 0. The number of unbranched alkanes of at least 4 members (excludes halogenated alkanes) is 2. The van der Waals surface area contributed by atoms with Crippen LogP contribution >= 0.6 is 0 Å². The van der Waals surface area contributed by atoms with Crippen LogP contribution in [-0.2, 0) is 23.8 Å². The minimum Gasteiger partial charge on any atom is -0.202 e. The fraction of sp³-hybridized carbons (Fsp3) is 0.455. The Morgan fingerprint density at radius 2 is 1.51 bits per heavy atom. The number of para-hydroxylation sites is 1. The summed E-state index contributed by atoms with van der Waals surface area (Å²) in [4.78, 5) is 0. The maximum absolute atomic E-state index is 2.54. The second kappa shape index (κ2) is 10.5. The third-order valence-corrected chi connectivity index (χ3v) is 8.08. The fourth-order valence-electron chi connectivity index (χ4n) is 5.81. The molecule has 0 unspecified atom stereocenters. The van der Waals surface area contributed by atoms with Gasteiger partial charge in [0.1, 0.15) is 13.1 Å². The minimum absolute atomic E-state index is 0.0222. The highest BCUT2D eigenvalue weighted by Crippen LogP contribution is 2.41. The third-order valence-electron chi connectivity index (χ3n) is 8.08. The second-order valence-electron chi connectivity index (χ2n) is 11.2. The minimum atomic E-state index is 0.0222. The van der Waals surface area contributed by atoms with Crippen molar-refractivity contribution in [1.29, 1.82) is 0 Å². The highest BCUT2D eigenvalue weighted by atomic mass is 15.1. The Hall–Kier alpha value is -2.74. The topological polar surface area (TPSA) is 6.89 Å². The van der Waals surface area contributed by atoms with Crippen molar-refractivity contribution in [2.24, 2.45) is 0 Å². The molecular formula is C33H44N2+2. The molecule has 2 nitrogen and oxygen atoms in total. The molecule has 0 radical (unpaired) electrons. The van der Waals surface area contributed by atoms with Crippen molar-refractivity contribution >= 4 is 11.4 Å². The molecule has 35 heavy (non-hydrogen) atoms. The standard InChI is InChI=1S/C33H44N2/c1-7-9-22-34-23-16-19-28-30(34)25-26(32(28,3)4)17-12-11-13-21-31-33(5,6)27-18-14-15-20-29(27)35(31)24-10-8-2/h11-21,23H,7-10,22,24-25H2,1-6H3/q+2. The number of allylic oxidation sites excluding steroid dienone is 6. The van der Waals surface area contributed by atoms with Crippen LogP contribution in [0.5, 0.6) is 0 Å². The summed E-state index contributed by atoms with van der Waals surface area (Å²) in [6.07, 6.45) is 19.5. The molecule has 1 aromatic carbocycles. The van der Waals surface area contributed by atoms with E-state index in [1.165, 1.54) is 59.5 Å². The molecule has 0 amide bonds. The van der Waals surface area contributed by atoms with Crippen LogP contribution in [0.15, 0.2) is 78.5 Å². The molecule has 0 bridgehead atoms. The molecule has 1 aliphatic carbocycles. The van der Waals surface area contributed by atoms with E-state index < -0.39 is 0 Å². The molecule has 0 fully saturated rings. The fourth-order valence-corrected chi connectivity index (χ4v) is 5.81. The van der Waals surface area contributed by atoms with Crippen LogP contribution in [0.3, 0.4) is 0 Å². The number of pyridine rings is 1. The summed E-state index contributed by atoms with van der Waals surface area (Å²) in [6.45, 7) is 16.2. The third kappa shape index (κ3) is 4.85. The van der Waals surface area contributed by atoms with Gasteiger partial charge in [-0.1, -0.05) is 83.0 Å². The molecule has 4 rings (SSSR count). The van der Waals surface area contributed by atoms with E-state index in [2.05, 4.69) is 124 Å². The lowest BCUT2D eigenvalue weighted by molar-refractivity contribution is -0.704. The maximum atomic E-state index is 2.54. The highest BCUT2D eigenvalue weighted by Gasteiger charge is 2.43. The molecular weight excluding hydrogens is 424 g/mol. The largest absolute Gasteiger partial charge is 0.209 e. The summed E-state index contributed by atoms with van der Waals surface area (Å²) < 4.78 is 5.01. The van der Waals surface area contributed by atoms with Gasteiger partial charge in [-0.15, -0.1) is 0 Å². The van der Waals surface area contributed by atoms with Gasteiger partial charge < -0.3 is 0 Å². The van der Waals surface area contributed by atoms with E-state index in [1.807, 2.05) is 0 Å². The predicted octanol–water partition coefficient (Wildman–Crippen LogP) is 7.52. The van der Waals surface area contributed by atoms with E-state index in [9.17, 15) is 0 Å². The van der Waals surface area contributed by atoms with Crippen LogP contribution in [-0.4, -0.2) is 16.8 Å². The predicted molar refractivity (Wildman–Crippen MR) is 149 cm³/mol. The first-order valence-electron chi connectivity index (χ1n) is 13.6. The Morgan fingerprint density at radius 3 is 2.29 bits per heavy atom. The Kier molecular flexibility index (Phi) is 7.59. The van der Waals surface area contributed by atoms with Gasteiger partial charge in [-0.05, 0) is 25.5 Å². The van der Waals surface area contributed by atoms with E-state index in [4.69, 9.17) is 0 Å². The zero-order chi connectivity index (χ0) is 25.1. The SMILES string of the molecule is CCCC[N+]1=C(C=CC=CC=C2Cc3c(ccc[n+]3CCCC)C2(C)C)C(C)(C)c2ccccc21. The van der Waals surface area contributed by atoms with Crippen molar-refractivity contribution in [2.75, 3.05) is 6.54 Å². The van der Waals surface area contributed by atoms with Crippen LogP contribution in [0, 0.1) is 0 Å². The first kappa shape index (κ1) is 25.4. The second-order valence-corrected chi connectivity index (χ2v) is 11.2. The lowest BCUT2D eigenvalue weighted by Gasteiger charge is -2.20. The number of fused-ring (bicyclic) bond motifs is 2. The summed E-state index contributed by atoms with van der Waals surface area (Å²) >= 11 is 0. The Labute approximate surface area is 213 Å². The number of rotatable bonds is 9. The number of hydrogen-bond donors (Lipinski definition) is 0.